The molecule has 0 spiro atoms. The first-order valence-corrected chi connectivity index (χ1v) is 7.15. The summed E-state index contributed by atoms with van der Waals surface area (Å²) in [6.45, 7) is 2.23. The van der Waals surface area contributed by atoms with Crippen LogP contribution in [0.25, 0.3) is 0 Å². The molecule has 98 valence electrons. The summed E-state index contributed by atoms with van der Waals surface area (Å²) < 4.78 is 0. The highest BCUT2D eigenvalue weighted by Gasteiger charge is 1.87. The van der Waals surface area contributed by atoms with Crippen molar-refractivity contribution in [2.24, 2.45) is 0 Å². The van der Waals surface area contributed by atoms with Crippen molar-refractivity contribution >= 4 is 6.29 Å². The zero-order valence-corrected chi connectivity index (χ0v) is 11.4. The average Bonchev–Trinajstić information content (AvgIpc) is 2.35. The van der Waals surface area contributed by atoms with Crippen molar-refractivity contribution < 1.29 is 4.79 Å². The molecule has 0 fully saturated rings. The highest BCUT2D eigenvalue weighted by atomic mass is 16.1. The molecule has 0 rings (SSSR count). The predicted molar refractivity (Wildman–Crippen MR) is 76.2 cm³/mol. The molecule has 0 N–H and O–H groups in total. The van der Waals surface area contributed by atoms with Crippen LogP contribution in [0.5, 0.6) is 0 Å². The van der Waals surface area contributed by atoms with Crippen molar-refractivity contribution in [2.45, 2.75) is 71.1 Å². The van der Waals surface area contributed by atoms with Gasteiger partial charge in [-0.05, 0) is 32.1 Å². The largest absolute Gasteiger partial charge is 0.303 e. The number of aldehydes is 1. The summed E-state index contributed by atoms with van der Waals surface area (Å²) in [5.41, 5.74) is 0. The lowest BCUT2D eigenvalue weighted by molar-refractivity contribution is -0.107. The van der Waals surface area contributed by atoms with Crippen LogP contribution in [-0.2, 0) is 4.79 Å². The van der Waals surface area contributed by atoms with Crippen LogP contribution in [0.4, 0.5) is 0 Å². The van der Waals surface area contributed by atoms with Gasteiger partial charge in [0, 0.05) is 6.42 Å². The van der Waals surface area contributed by atoms with Gasteiger partial charge in [0.05, 0.1) is 0 Å². The predicted octanol–water partition coefficient (Wildman–Crippen LogP) is 5.22. The summed E-state index contributed by atoms with van der Waals surface area (Å²) in [5, 5.41) is 0. The molecule has 17 heavy (non-hydrogen) atoms. The van der Waals surface area contributed by atoms with Crippen LogP contribution in [0.3, 0.4) is 0 Å². The van der Waals surface area contributed by atoms with Crippen molar-refractivity contribution in [1.29, 1.82) is 0 Å². The molecule has 0 radical (unpaired) electrons. The molecule has 0 saturated heterocycles. The van der Waals surface area contributed by atoms with E-state index in [1.807, 2.05) is 6.08 Å². The Labute approximate surface area is 107 Å². The van der Waals surface area contributed by atoms with Crippen LogP contribution < -0.4 is 0 Å². The molecular formula is C16H28O. The summed E-state index contributed by atoms with van der Waals surface area (Å²) in [4.78, 5) is 10.0. The molecule has 0 atom stereocenters. The molecule has 0 bridgehead atoms. The molecule has 0 aromatic rings. The molecule has 0 unspecified atom stereocenters. The zero-order valence-electron chi connectivity index (χ0n) is 11.4. The first-order chi connectivity index (χ1) is 8.41. The molecule has 0 heterocycles. The van der Waals surface area contributed by atoms with Crippen molar-refractivity contribution in [2.75, 3.05) is 0 Å². The van der Waals surface area contributed by atoms with Gasteiger partial charge in [0.1, 0.15) is 6.29 Å². The highest BCUT2D eigenvalue weighted by molar-refractivity contribution is 5.51. The Morgan fingerprint density at radius 1 is 0.706 bits per heavy atom. The van der Waals surface area contributed by atoms with Gasteiger partial charge in [-0.25, -0.2) is 0 Å². The van der Waals surface area contributed by atoms with E-state index in [9.17, 15) is 4.79 Å². The number of unbranched alkanes of at least 4 members (excludes halogenated alkanes) is 7. The highest BCUT2D eigenvalue weighted by Crippen LogP contribution is 2.07. The molecule has 0 saturated carbocycles. The smallest absolute Gasteiger partial charge is 0.123 e. The fourth-order valence-electron chi connectivity index (χ4n) is 1.71. The second-order valence-corrected chi connectivity index (χ2v) is 4.48. The van der Waals surface area contributed by atoms with Crippen LogP contribution in [0.1, 0.15) is 71.1 Å². The summed E-state index contributed by atoms with van der Waals surface area (Å²) >= 11 is 0. The third kappa shape index (κ3) is 15.1. The summed E-state index contributed by atoms with van der Waals surface area (Å²) in [6.07, 6.45) is 21.7. The number of hydrogen-bond acceptors (Lipinski definition) is 1. The van der Waals surface area contributed by atoms with Crippen molar-refractivity contribution in [3.05, 3.63) is 24.3 Å². The third-order valence-corrected chi connectivity index (χ3v) is 2.78. The Bertz CT molecular complexity index is 204. The van der Waals surface area contributed by atoms with Crippen LogP contribution in [0.15, 0.2) is 24.3 Å². The molecule has 1 heteroatoms. The van der Waals surface area contributed by atoms with E-state index < -0.39 is 0 Å². The summed E-state index contributed by atoms with van der Waals surface area (Å²) in [7, 11) is 0. The summed E-state index contributed by atoms with van der Waals surface area (Å²) in [5.74, 6) is 0. The van der Waals surface area contributed by atoms with E-state index in [2.05, 4.69) is 25.2 Å². The lowest BCUT2D eigenvalue weighted by Gasteiger charge is -1.97. The van der Waals surface area contributed by atoms with Gasteiger partial charge < -0.3 is 4.79 Å². The first kappa shape index (κ1) is 16.1. The second kappa shape index (κ2) is 15.1. The Hall–Kier alpha value is -0.850. The normalized spacial score (nSPS) is 11.6. The maximum atomic E-state index is 10.0. The lowest BCUT2D eigenvalue weighted by Crippen LogP contribution is -1.77. The van der Waals surface area contributed by atoms with Gasteiger partial charge in [0.15, 0.2) is 0 Å². The van der Waals surface area contributed by atoms with E-state index in [4.69, 9.17) is 0 Å². The molecule has 0 amide bonds. The van der Waals surface area contributed by atoms with Crippen LogP contribution >= 0.6 is 0 Å². The van der Waals surface area contributed by atoms with Gasteiger partial charge in [0.25, 0.3) is 0 Å². The minimum atomic E-state index is 0.572. The van der Waals surface area contributed by atoms with Gasteiger partial charge in [-0.1, -0.05) is 56.9 Å². The monoisotopic (exact) mass is 236 g/mol. The number of allylic oxidation sites excluding steroid dienone is 4. The third-order valence-electron chi connectivity index (χ3n) is 2.78. The van der Waals surface area contributed by atoms with Gasteiger partial charge in [-0.2, -0.15) is 0 Å². The van der Waals surface area contributed by atoms with Gasteiger partial charge >= 0.3 is 0 Å². The van der Waals surface area contributed by atoms with E-state index >= 15 is 0 Å². The Balaban J connectivity index is 3.08. The van der Waals surface area contributed by atoms with E-state index in [0.717, 1.165) is 12.7 Å². The van der Waals surface area contributed by atoms with E-state index in [1.54, 1.807) is 0 Å². The Kier molecular flexibility index (Phi) is 14.4. The summed E-state index contributed by atoms with van der Waals surface area (Å²) in [6, 6.07) is 0. The maximum Gasteiger partial charge on any atom is 0.123 e. The minimum Gasteiger partial charge on any atom is -0.303 e. The Morgan fingerprint density at radius 3 is 1.76 bits per heavy atom. The van der Waals surface area contributed by atoms with Gasteiger partial charge in [-0.15, -0.1) is 0 Å². The van der Waals surface area contributed by atoms with E-state index in [-0.39, 0.29) is 0 Å². The van der Waals surface area contributed by atoms with Crippen LogP contribution in [0.2, 0.25) is 0 Å². The number of rotatable bonds is 12. The van der Waals surface area contributed by atoms with Crippen LogP contribution in [0, 0.1) is 0 Å². The molecule has 0 aromatic carbocycles. The number of carbonyl (C=O) groups is 1. The van der Waals surface area contributed by atoms with E-state index in [1.165, 1.54) is 51.4 Å². The zero-order chi connectivity index (χ0) is 12.6. The second-order valence-electron chi connectivity index (χ2n) is 4.48. The molecule has 0 aliphatic carbocycles. The average molecular weight is 236 g/mol. The maximum absolute atomic E-state index is 10.0. The van der Waals surface area contributed by atoms with Gasteiger partial charge in [0.2, 0.25) is 0 Å². The molecule has 0 aliphatic heterocycles. The van der Waals surface area contributed by atoms with E-state index in [0.29, 0.717) is 6.42 Å². The fraction of sp³-hybridized carbons (Fsp3) is 0.688. The van der Waals surface area contributed by atoms with Gasteiger partial charge in [-0.3, -0.25) is 0 Å². The molecular weight excluding hydrogens is 208 g/mol. The van der Waals surface area contributed by atoms with Crippen LogP contribution in [-0.4, -0.2) is 6.29 Å². The topological polar surface area (TPSA) is 17.1 Å². The molecule has 1 nitrogen and oxygen atoms in total. The number of hydrogen-bond donors (Lipinski definition) is 0. The standard InChI is InChI=1S/C16H28O/c1-2-3-4-5-6-7-8-9-10-11-12-13-14-15-16-17/h5-6,13-14,16H,2-4,7-12,15H2,1H3/b6-5-,14-13-. The van der Waals surface area contributed by atoms with Crippen molar-refractivity contribution in [1.82, 2.24) is 0 Å². The fourth-order valence-corrected chi connectivity index (χ4v) is 1.71. The minimum absolute atomic E-state index is 0.572. The molecule has 0 aliphatic rings. The van der Waals surface area contributed by atoms with Crippen molar-refractivity contribution in [3.8, 4) is 0 Å². The quantitative estimate of drug-likeness (QED) is 0.258. The SMILES string of the molecule is CCCC/C=C\CCCCCC/C=C\CC=O. The first-order valence-electron chi connectivity index (χ1n) is 7.15. The molecule has 0 aromatic heterocycles. The number of carbonyl (C=O) groups excluding carboxylic acids is 1. The van der Waals surface area contributed by atoms with Crippen molar-refractivity contribution in [3.63, 3.8) is 0 Å². The lowest BCUT2D eigenvalue weighted by atomic mass is 10.1. The Morgan fingerprint density at radius 2 is 1.24 bits per heavy atom.